The van der Waals surface area contributed by atoms with Crippen LogP contribution in [0.15, 0.2) is 103 Å². The topological polar surface area (TPSA) is 119 Å². The van der Waals surface area contributed by atoms with E-state index in [0.29, 0.717) is 11.1 Å². The van der Waals surface area contributed by atoms with Crippen LogP contribution in [-0.4, -0.2) is 28.8 Å². The first kappa shape index (κ1) is 25.8. The summed E-state index contributed by atoms with van der Waals surface area (Å²) in [6.45, 7) is 0. The summed E-state index contributed by atoms with van der Waals surface area (Å²) in [4.78, 5) is 57.5. The van der Waals surface area contributed by atoms with E-state index in [1.165, 1.54) is 35.4 Å². The summed E-state index contributed by atoms with van der Waals surface area (Å²) in [5, 5.41) is 12.8. The highest BCUT2D eigenvalue weighted by atomic mass is 19.1. The molecule has 0 aromatic heterocycles. The van der Waals surface area contributed by atoms with Crippen LogP contribution in [0.4, 0.5) is 21.5 Å². The largest absolute Gasteiger partial charge is 0.423 e. The molecule has 4 aromatic carbocycles. The Morgan fingerprint density at radius 2 is 1.56 bits per heavy atom. The van der Waals surface area contributed by atoms with Gasteiger partial charge in [-0.1, -0.05) is 36.4 Å². The quantitative estimate of drug-likeness (QED) is 0.108. The summed E-state index contributed by atoms with van der Waals surface area (Å²) in [7, 11) is 0. The van der Waals surface area contributed by atoms with Gasteiger partial charge in [-0.15, -0.1) is 0 Å². The molecule has 2 fully saturated rings. The number of anilines is 2. The van der Waals surface area contributed by atoms with Crippen molar-refractivity contribution in [1.29, 1.82) is 0 Å². The predicted octanol–water partition coefficient (Wildman–Crippen LogP) is 5.00. The molecule has 11 heteroatoms. The number of ether oxygens (including phenoxy) is 1. The number of nitro benzene ring substituents is 1. The second-order valence-electron chi connectivity index (χ2n) is 9.41. The number of hydrogen-bond acceptors (Lipinski definition) is 8. The van der Waals surface area contributed by atoms with Gasteiger partial charge >= 0.3 is 5.97 Å². The first-order chi connectivity index (χ1) is 19.8. The number of amides is 2. The van der Waals surface area contributed by atoms with Gasteiger partial charge in [0.2, 0.25) is 5.91 Å². The number of hydroxylamine groups is 1. The number of halogens is 1. The molecule has 2 saturated heterocycles. The highest BCUT2D eigenvalue weighted by Gasteiger charge is 2.60. The number of non-ortho nitro benzene ring substituents is 1. The maximum Gasteiger partial charge on any atom is 0.343 e. The van der Waals surface area contributed by atoms with E-state index in [1.54, 1.807) is 60.7 Å². The highest BCUT2D eigenvalue weighted by Crippen LogP contribution is 2.48. The van der Waals surface area contributed by atoms with Gasteiger partial charge in [0, 0.05) is 12.1 Å². The molecule has 0 spiro atoms. The Morgan fingerprint density at radius 1 is 0.854 bits per heavy atom. The Labute approximate surface area is 232 Å². The zero-order valence-corrected chi connectivity index (χ0v) is 21.1. The third kappa shape index (κ3) is 4.68. The molecular weight excluding hydrogens is 533 g/mol. The predicted molar refractivity (Wildman–Crippen MR) is 143 cm³/mol. The molecule has 2 heterocycles. The minimum absolute atomic E-state index is 0.197. The SMILES string of the molecule is O=C(Oc1ccc([C@@H]2[C@@H]3C(=O)N(c4ccc(F)cc4)C(=O)[C@@H]3ON2c2cccc([N+](=O)[O-])c2)cc1)c1ccccc1. The average molecular weight is 554 g/mol. The fourth-order valence-electron chi connectivity index (χ4n) is 5.04. The lowest BCUT2D eigenvalue weighted by molar-refractivity contribution is -0.384. The van der Waals surface area contributed by atoms with E-state index in [4.69, 9.17) is 9.57 Å². The number of esters is 1. The van der Waals surface area contributed by atoms with Crippen molar-refractivity contribution in [1.82, 2.24) is 0 Å². The summed E-state index contributed by atoms with van der Waals surface area (Å²) < 4.78 is 19.0. The van der Waals surface area contributed by atoms with Crippen molar-refractivity contribution in [2.24, 2.45) is 5.92 Å². The molecule has 2 aliphatic heterocycles. The number of imide groups is 1. The van der Waals surface area contributed by atoms with Crippen molar-refractivity contribution in [2.45, 2.75) is 12.1 Å². The van der Waals surface area contributed by atoms with Crippen molar-refractivity contribution in [3.05, 3.63) is 130 Å². The third-order valence-electron chi connectivity index (χ3n) is 6.94. The van der Waals surface area contributed by atoms with Crippen molar-refractivity contribution >= 4 is 34.8 Å². The van der Waals surface area contributed by atoms with Crippen LogP contribution in [0.25, 0.3) is 0 Å². The van der Waals surface area contributed by atoms with E-state index < -0.39 is 46.6 Å². The fourth-order valence-corrected chi connectivity index (χ4v) is 5.04. The van der Waals surface area contributed by atoms with Crippen LogP contribution in [-0.2, 0) is 14.4 Å². The summed E-state index contributed by atoms with van der Waals surface area (Å²) >= 11 is 0. The molecule has 204 valence electrons. The van der Waals surface area contributed by atoms with E-state index in [-0.39, 0.29) is 22.8 Å². The molecule has 0 unspecified atom stereocenters. The minimum atomic E-state index is -1.23. The van der Waals surface area contributed by atoms with Gasteiger partial charge < -0.3 is 4.74 Å². The van der Waals surface area contributed by atoms with Gasteiger partial charge in [-0.05, 0) is 60.2 Å². The van der Waals surface area contributed by atoms with Crippen molar-refractivity contribution in [2.75, 3.05) is 9.96 Å². The zero-order chi connectivity index (χ0) is 28.7. The van der Waals surface area contributed by atoms with Crippen LogP contribution in [0, 0.1) is 21.8 Å². The molecule has 0 radical (unpaired) electrons. The maximum atomic E-state index is 13.7. The Balaban J connectivity index is 1.35. The first-order valence-corrected chi connectivity index (χ1v) is 12.5. The molecule has 4 aromatic rings. The van der Waals surface area contributed by atoms with Crippen LogP contribution in [0.1, 0.15) is 22.0 Å². The standard InChI is InChI=1S/C30H20FN3O7/c31-20-11-13-21(14-12-20)32-28(35)25-26(18-9-15-24(16-10-18)40-30(37)19-5-2-1-3-6-19)33(41-27(25)29(32)36)22-7-4-8-23(17-22)34(38)39/h1-17,25-27H/t25-,26+,27+/m0/s1. The van der Waals surface area contributed by atoms with E-state index >= 15 is 0 Å². The molecule has 0 N–H and O–H groups in total. The number of rotatable bonds is 6. The zero-order valence-electron chi connectivity index (χ0n) is 21.1. The minimum Gasteiger partial charge on any atom is -0.423 e. The normalized spacial score (nSPS) is 19.8. The summed E-state index contributed by atoms with van der Waals surface area (Å²) in [5.74, 6) is -3.05. The van der Waals surface area contributed by atoms with E-state index in [9.17, 15) is 28.9 Å². The molecule has 2 aliphatic rings. The summed E-state index contributed by atoms with van der Waals surface area (Å²) in [5.41, 5.74) is 1.17. The van der Waals surface area contributed by atoms with Gasteiger partial charge in [0.05, 0.1) is 27.9 Å². The van der Waals surface area contributed by atoms with Crippen LogP contribution in [0.3, 0.4) is 0 Å². The molecule has 0 bridgehead atoms. The molecular formula is C30H20FN3O7. The Morgan fingerprint density at radius 3 is 2.24 bits per heavy atom. The van der Waals surface area contributed by atoms with Gasteiger partial charge in [0.15, 0.2) is 6.10 Å². The smallest absolute Gasteiger partial charge is 0.343 e. The molecule has 10 nitrogen and oxygen atoms in total. The number of benzene rings is 4. The number of fused-ring (bicyclic) bond motifs is 1. The van der Waals surface area contributed by atoms with Crippen molar-refractivity contribution < 1.29 is 33.3 Å². The molecule has 3 atom stereocenters. The summed E-state index contributed by atoms with van der Waals surface area (Å²) in [6.07, 6.45) is -1.23. The molecule has 0 aliphatic carbocycles. The van der Waals surface area contributed by atoms with Gasteiger partial charge in [-0.2, -0.15) is 0 Å². The van der Waals surface area contributed by atoms with Crippen molar-refractivity contribution in [3.8, 4) is 5.75 Å². The second kappa shape index (κ2) is 10.3. The second-order valence-corrected chi connectivity index (χ2v) is 9.41. The third-order valence-corrected chi connectivity index (χ3v) is 6.94. The number of hydrogen-bond donors (Lipinski definition) is 0. The first-order valence-electron chi connectivity index (χ1n) is 12.5. The average Bonchev–Trinajstić information content (AvgIpc) is 3.50. The monoisotopic (exact) mass is 553 g/mol. The lowest BCUT2D eigenvalue weighted by Crippen LogP contribution is -2.37. The Hall–Kier alpha value is -5.42. The van der Waals surface area contributed by atoms with Gasteiger partial charge in [0.1, 0.15) is 17.5 Å². The van der Waals surface area contributed by atoms with Crippen LogP contribution < -0.4 is 14.7 Å². The van der Waals surface area contributed by atoms with Crippen LogP contribution >= 0.6 is 0 Å². The number of nitrogens with zero attached hydrogens (tertiary/aromatic N) is 3. The van der Waals surface area contributed by atoms with Crippen molar-refractivity contribution in [3.63, 3.8) is 0 Å². The van der Waals surface area contributed by atoms with E-state index in [2.05, 4.69) is 0 Å². The Kier molecular flexibility index (Phi) is 6.48. The van der Waals surface area contributed by atoms with Crippen LogP contribution in [0.2, 0.25) is 0 Å². The van der Waals surface area contributed by atoms with Gasteiger partial charge in [-0.3, -0.25) is 24.5 Å². The lowest BCUT2D eigenvalue weighted by Gasteiger charge is -2.28. The van der Waals surface area contributed by atoms with Gasteiger partial charge in [-0.25, -0.2) is 19.1 Å². The number of nitro groups is 1. The van der Waals surface area contributed by atoms with Gasteiger partial charge in [0.25, 0.3) is 11.6 Å². The molecule has 41 heavy (non-hydrogen) atoms. The molecule has 0 saturated carbocycles. The van der Waals surface area contributed by atoms with E-state index in [0.717, 1.165) is 17.0 Å². The Bertz CT molecular complexity index is 1660. The molecule has 6 rings (SSSR count). The summed E-state index contributed by atoms with van der Waals surface area (Å²) in [6, 6.07) is 24.6. The van der Waals surface area contributed by atoms with E-state index in [1.807, 2.05) is 0 Å². The number of carbonyl (C=O) groups is 3. The van der Waals surface area contributed by atoms with Crippen LogP contribution in [0.5, 0.6) is 5.75 Å². The maximum absolute atomic E-state index is 13.7. The fraction of sp³-hybridized carbons (Fsp3) is 0.100. The number of carbonyl (C=O) groups excluding carboxylic acids is 3. The highest BCUT2D eigenvalue weighted by molar-refractivity contribution is 6.23. The lowest BCUT2D eigenvalue weighted by atomic mass is 9.90. The molecule has 2 amide bonds.